The lowest BCUT2D eigenvalue weighted by Crippen LogP contribution is -2.27. The van der Waals surface area contributed by atoms with Crippen LogP contribution < -0.4 is 26.8 Å². The van der Waals surface area contributed by atoms with Crippen LogP contribution in [0.15, 0.2) is 39.2 Å². The lowest BCUT2D eigenvalue weighted by atomic mass is 10.2. The van der Waals surface area contributed by atoms with E-state index in [-0.39, 0.29) is 16.6 Å². The summed E-state index contributed by atoms with van der Waals surface area (Å²) in [5, 5.41) is 5.43. The number of hydrogen-bond acceptors (Lipinski definition) is 5. The number of rotatable bonds is 5. The van der Waals surface area contributed by atoms with E-state index in [9.17, 15) is 4.79 Å². The number of benzene rings is 1. The van der Waals surface area contributed by atoms with Gasteiger partial charge >= 0.3 is 0 Å². The van der Waals surface area contributed by atoms with E-state index < -0.39 is 5.91 Å². The highest BCUT2D eigenvalue weighted by Gasteiger charge is 2.14. The first kappa shape index (κ1) is 18.2. The van der Waals surface area contributed by atoms with Crippen LogP contribution in [-0.4, -0.2) is 20.1 Å². The smallest absolute Gasteiger partial charge is 0.269 e. The first-order valence-electron chi connectivity index (χ1n) is 6.26. The number of halogens is 2. The molecule has 0 fully saturated rings. The molecule has 0 aliphatic carbocycles. The van der Waals surface area contributed by atoms with E-state index >= 15 is 0 Å². The maximum Gasteiger partial charge on any atom is 0.269 e. The van der Waals surface area contributed by atoms with Gasteiger partial charge in [-0.25, -0.2) is 0 Å². The van der Waals surface area contributed by atoms with Crippen LogP contribution in [0.1, 0.15) is 5.56 Å². The Morgan fingerprint density at radius 2 is 2.05 bits per heavy atom. The van der Waals surface area contributed by atoms with Crippen molar-refractivity contribution in [1.82, 2.24) is 5.32 Å². The number of carbonyl (C=O) groups is 1. The van der Waals surface area contributed by atoms with Crippen molar-refractivity contribution in [3.05, 3.63) is 44.8 Å². The van der Waals surface area contributed by atoms with Gasteiger partial charge in [-0.2, -0.15) is 0 Å². The molecule has 0 unspecified atom stereocenters. The number of likely N-dealkylation sites (N-methyl/N-ethyl adjacent to an activating group) is 1. The molecule has 8 heteroatoms. The Morgan fingerprint density at radius 3 is 2.55 bits per heavy atom. The van der Waals surface area contributed by atoms with Gasteiger partial charge in [-0.1, -0.05) is 17.7 Å². The van der Waals surface area contributed by atoms with Crippen molar-refractivity contribution in [3.63, 3.8) is 0 Å². The van der Waals surface area contributed by atoms with Crippen LogP contribution in [-0.2, 0) is 4.79 Å². The molecule has 1 aromatic rings. The van der Waals surface area contributed by atoms with Crippen LogP contribution in [0.4, 0.5) is 5.69 Å². The minimum absolute atomic E-state index is 0.0144. The lowest BCUT2D eigenvalue weighted by Gasteiger charge is -2.16. The second-order valence-corrected chi connectivity index (χ2v) is 5.57. The lowest BCUT2D eigenvalue weighted by molar-refractivity contribution is -0.117. The number of amides is 1. The second-order valence-electron chi connectivity index (χ2n) is 4.34. The zero-order valence-electron chi connectivity index (χ0n) is 12.5. The number of nitrogens with one attached hydrogen (secondary N) is 2. The van der Waals surface area contributed by atoms with Gasteiger partial charge in [-0.15, -0.1) is 0 Å². The molecule has 0 spiro atoms. The largest absolute Gasteiger partial charge is 0.493 e. The molecule has 0 aliphatic heterocycles. The van der Waals surface area contributed by atoms with Gasteiger partial charge in [0.05, 0.1) is 23.0 Å². The molecule has 120 valence electrons. The summed E-state index contributed by atoms with van der Waals surface area (Å²) in [6, 6.07) is 3.69. The molecule has 0 aromatic heterocycles. The van der Waals surface area contributed by atoms with Gasteiger partial charge in [0.2, 0.25) is 0 Å². The SMILES string of the molecule is CNC(=O)/C(N)=C(/C=C(\N)Cl)Nc1ccc(C)c(Br)c1OC. The van der Waals surface area contributed by atoms with Crippen molar-refractivity contribution in [1.29, 1.82) is 0 Å². The third kappa shape index (κ3) is 4.32. The van der Waals surface area contributed by atoms with Crippen molar-refractivity contribution >= 4 is 39.1 Å². The van der Waals surface area contributed by atoms with E-state index in [0.29, 0.717) is 11.4 Å². The summed E-state index contributed by atoms with van der Waals surface area (Å²) >= 11 is 9.15. The Morgan fingerprint density at radius 1 is 1.41 bits per heavy atom. The summed E-state index contributed by atoms with van der Waals surface area (Å²) in [4.78, 5) is 11.7. The number of anilines is 1. The molecule has 22 heavy (non-hydrogen) atoms. The van der Waals surface area contributed by atoms with Crippen LogP contribution in [0.25, 0.3) is 0 Å². The minimum Gasteiger partial charge on any atom is -0.493 e. The topological polar surface area (TPSA) is 102 Å². The van der Waals surface area contributed by atoms with Crippen molar-refractivity contribution < 1.29 is 9.53 Å². The molecule has 0 atom stereocenters. The van der Waals surface area contributed by atoms with E-state index in [1.807, 2.05) is 13.0 Å². The first-order chi connectivity index (χ1) is 10.3. The van der Waals surface area contributed by atoms with Crippen molar-refractivity contribution in [3.8, 4) is 5.75 Å². The summed E-state index contributed by atoms with van der Waals surface area (Å²) < 4.78 is 6.16. The van der Waals surface area contributed by atoms with Crippen LogP contribution in [0.3, 0.4) is 0 Å². The highest BCUT2D eigenvalue weighted by molar-refractivity contribution is 9.10. The quantitative estimate of drug-likeness (QED) is 0.351. The minimum atomic E-state index is -0.457. The summed E-state index contributed by atoms with van der Waals surface area (Å²) in [7, 11) is 3.02. The van der Waals surface area contributed by atoms with Crippen LogP contribution in [0.2, 0.25) is 0 Å². The average Bonchev–Trinajstić information content (AvgIpc) is 2.48. The highest BCUT2D eigenvalue weighted by Crippen LogP contribution is 2.36. The summed E-state index contributed by atoms with van der Waals surface area (Å²) in [5.74, 6) is 0.116. The fraction of sp³-hybridized carbons (Fsp3) is 0.214. The maximum absolute atomic E-state index is 11.7. The van der Waals surface area contributed by atoms with E-state index in [4.69, 9.17) is 27.8 Å². The van der Waals surface area contributed by atoms with Gasteiger partial charge < -0.3 is 26.8 Å². The molecular formula is C14H18BrClN4O2. The highest BCUT2D eigenvalue weighted by atomic mass is 79.9. The van der Waals surface area contributed by atoms with Gasteiger partial charge in [-0.3, -0.25) is 4.79 Å². The predicted molar refractivity (Wildman–Crippen MR) is 92.5 cm³/mol. The van der Waals surface area contributed by atoms with E-state index in [1.165, 1.54) is 13.1 Å². The molecule has 0 bridgehead atoms. The Bertz CT molecular complexity index is 640. The molecule has 1 rings (SSSR count). The number of methoxy groups -OCH3 is 1. The number of carbonyl (C=O) groups excluding carboxylic acids is 1. The second kappa shape index (κ2) is 7.95. The third-order valence-electron chi connectivity index (χ3n) is 2.81. The average molecular weight is 390 g/mol. The van der Waals surface area contributed by atoms with E-state index in [2.05, 4.69) is 26.6 Å². The number of hydrogen-bond donors (Lipinski definition) is 4. The zero-order chi connectivity index (χ0) is 16.9. The van der Waals surface area contributed by atoms with Crippen molar-refractivity contribution in [2.24, 2.45) is 11.5 Å². The molecule has 1 amide bonds. The van der Waals surface area contributed by atoms with Crippen LogP contribution in [0, 0.1) is 6.92 Å². The van der Waals surface area contributed by atoms with Gasteiger partial charge in [0, 0.05) is 7.05 Å². The standard InChI is InChI=1S/C14H18BrClN4O2/c1-7-4-5-8(13(22-3)11(7)15)20-9(6-10(16)17)12(18)14(21)19-2/h4-6,20H,17-18H2,1-3H3,(H,19,21)/b10-6-,12-9+. The summed E-state index contributed by atoms with van der Waals surface area (Å²) in [6.07, 6.45) is 1.36. The van der Waals surface area contributed by atoms with Crippen LogP contribution in [0.5, 0.6) is 5.75 Å². The van der Waals surface area contributed by atoms with Crippen LogP contribution >= 0.6 is 27.5 Å². The monoisotopic (exact) mass is 388 g/mol. The molecular weight excluding hydrogens is 372 g/mol. The number of nitrogens with two attached hydrogens (primary N) is 2. The molecule has 0 aliphatic rings. The normalized spacial score (nSPS) is 12.5. The number of allylic oxidation sites excluding steroid dienone is 1. The number of aryl methyl sites for hydroxylation is 1. The van der Waals surface area contributed by atoms with Crippen molar-refractivity contribution in [2.75, 3.05) is 19.5 Å². The number of ether oxygens (including phenoxy) is 1. The predicted octanol–water partition coefficient (Wildman–Crippen LogP) is 2.13. The molecule has 0 radical (unpaired) electrons. The zero-order valence-corrected chi connectivity index (χ0v) is 14.8. The molecule has 1 aromatic carbocycles. The Balaban J connectivity index is 3.36. The summed E-state index contributed by atoms with van der Waals surface area (Å²) in [5.41, 5.74) is 13.1. The van der Waals surface area contributed by atoms with Gasteiger partial charge in [0.15, 0.2) is 5.75 Å². The van der Waals surface area contributed by atoms with Gasteiger partial charge in [0.25, 0.3) is 5.91 Å². The maximum atomic E-state index is 11.7. The third-order valence-corrected chi connectivity index (χ3v) is 3.90. The molecule has 6 N–H and O–H groups in total. The summed E-state index contributed by atoms with van der Waals surface area (Å²) in [6.45, 7) is 1.93. The Hall–Kier alpha value is -1.86. The van der Waals surface area contributed by atoms with E-state index in [1.54, 1.807) is 13.2 Å². The first-order valence-corrected chi connectivity index (χ1v) is 7.43. The molecule has 6 nitrogen and oxygen atoms in total. The molecule has 0 heterocycles. The fourth-order valence-corrected chi connectivity index (χ4v) is 2.29. The molecule has 0 saturated carbocycles. The Kier molecular flexibility index (Phi) is 6.58. The molecule has 0 saturated heterocycles. The fourth-order valence-electron chi connectivity index (χ4n) is 1.67. The van der Waals surface area contributed by atoms with Crippen molar-refractivity contribution in [2.45, 2.75) is 6.92 Å². The Labute approximate surface area is 142 Å². The van der Waals surface area contributed by atoms with Gasteiger partial charge in [0.1, 0.15) is 10.9 Å². The van der Waals surface area contributed by atoms with E-state index in [0.717, 1.165) is 10.0 Å². The van der Waals surface area contributed by atoms with Gasteiger partial charge in [-0.05, 0) is 40.6 Å².